The van der Waals surface area contributed by atoms with E-state index in [-0.39, 0.29) is 6.10 Å². The van der Waals surface area contributed by atoms with E-state index in [1.165, 1.54) is 4.91 Å². The van der Waals surface area contributed by atoms with Crippen LogP contribution in [-0.4, -0.2) is 12.8 Å². The predicted octanol–water partition coefficient (Wildman–Crippen LogP) is 2.98. The molecule has 2 unspecified atom stereocenters. The number of allylic oxidation sites excluding steroid dienone is 1. The Bertz CT molecular complexity index is 212. The normalized spacial score (nSPS) is 41.1. The highest BCUT2D eigenvalue weighted by Gasteiger charge is 2.20. The van der Waals surface area contributed by atoms with Crippen molar-refractivity contribution in [1.82, 2.24) is 0 Å². The third-order valence-corrected chi connectivity index (χ3v) is 5.65. The minimum absolute atomic E-state index is 0.220. The summed E-state index contributed by atoms with van der Waals surface area (Å²) >= 11 is 6.97. The second-order valence-electron chi connectivity index (χ2n) is 2.45. The first kappa shape index (κ1) is 8.79. The molecule has 4 heteroatoms. The smallest absolute Gasteiger partial charge is 0.121 e. The van der Waals surface area contributed by atoms with Gasteiger partial charge in [0.1, 0.15) is 5.47 Å². The van der Waals surface area contributed by atoms with Crippen LogP contribution in [0.5, 0.6) is 0 Å². The molecule has 0 saturated carbocycles. The SMILES string of the molecule is CC1=CC(C)OP(C)(=S)S1. The number of hydrogen-bond acceptors (Lipinski definition) is 3. The lowest BCUT2D eigenvalue weighted by atomic mass is 10.4. The van der Waals surface area contributed by atoms with Gasteiger partial charge in [-0.1, -0.05) is 23.2 Å². The zero-order chi connectivity index (χ0) is 7.78. The van der Waals surface area contributed by atoms with Crippen LogP contribution in [-0.2, 0) is 16.3 Å². The molecule has 0 spiro atoms. The molecule has 0 radical (unpaired) electrons. The van der Waals surface area contributed by atoms with Crippen molar-refractivity contribution in [3.8, 4) is 0 Å². The lowest BCUT2D eigenvalue weighted by Crippen LogP contribution is -2.04. The van der Waals surface area contributed by atoms with E-state index in [2.05, 4.69) is 13.0 Å². The highest BCUT2D eigenvalue weighted by Crippen LogP contribution is 2.62. The Morgan fingerprint density at radius 1 is 1.80 bits per heavy atom. The van der Waals surface area contributed by atoms with Crippen LogP contribution in [0.15, 0.2) is 11.0 Å². The van der Waals surface area contributed by atoms with Crippen LogP contribution in [0.25, 0.3) is 0 Å². The van der Waals surface area contributed by atoms with Crippen LogP contribution < -0.4 is 0 Å². The lowest BCUT2D eigenvalue weighted by Gasteiger charge is -2.25. The Morgan fingerprint density at radius 3 is 2.80 bits per heavy atom. The van der Waals surface area contributed by atoms with Crippen molar-refractivity contribution in [1.29, 1.82) is 0 Å². The summed E-state index contributed by atoms with van der Waals surface area (Å²) in [5.41, 5.74) is -1.52. The molecule has 0 aromatic heterocycles. The molecular formula is C6H11OPS2. The van der Waals surface area contributed by atoms with Gasteiger partial charge in [0.2, 0.25) is 0 Å². The molecule has 58 valence electrons. The largest absolute Gasteiger partial charge is 0.334 e. The summed E-state index contributed by atoms with van der Waals surface area (Å²) in [5, 5.41) is 0. The average Bonchev–Trinajstić information content (AvgIpc) is 1.54. The zero-order valence-corrected chi connectivity index (χ0v) is 8.85. The maximum atomic E-state index is 5.56. The summed E-state index contributed by atoms with van der Waals surface area (Å²) in [6.45, 7) is 6.15. The average molecular weight is 194 g/mol. The van der Waals surface area contributed by atoms with Crippen LogP contribution in [0.3, 0.4) is 0 Å². The van der Waals surface area contributed by atoms with Gasteiger partial charge in [-0.05, 0) is 31.5 Å². The van der Waals surface area contributed by atoms with Gasteiger partial charge in [-0.15, -0.1) is 0 Å². The van der Waals surface area contributed by atoms with Crippen molar-refractivity contribution >= 4 is 28.7 Å². The molecule has 0 aliphatic carbocycles. The summed E-state index contributed by atoms with van der Waals surface area (Å²) in [4.78, 5) is 1.31. The summed E-state index contributed by atoms with van der Waals surface area (Å²) in [5.74, 6) is 0. The van der Waals surface area contributed by atoms with E-state index in [0.29, 0.717) is 0 Å². The van der Waals surface area contributed by atoms with E-state index >= 15 is 0 Å². The van der Waals surface area contributed by atoms with E-state index in [1.54, 1.807) is 11.4 Å². The second-order valence-corrected chi connectivity index (χ2v) is 10.5. The topological polar surface area (TPSA) is 9.23 Å². The van der Waals surface area contributed by atoms with E-state index < -0.39 is 5.47 Å². The Hall–Kier alpha value is 0.700. The molecular weight excluding hydrogens is 183 g/mol. The first-order chi connectivity index (χ1) is 4.49. The summed E-state index contributed by atoms with van der Waals surface area (Å²) in [7, 11) is 0. The Kier molecular flexibility index (Phi) is 2.62. The van der Waals surface area contributed by atoms with Crippen molar-refractivity contribution in [2.24, 2.45) is 0 Å². The molecule has 0 saturated heterocycles. The van der Waals surface area contributed by atoms with Gasteiger partial charge in [-0.3, -0.25) is 0 Å². The molecule has 2 atom stereocenters. The Morgan fingerprint density at radius 2 is 2.40 bits per heavy atom. The van der Waals surface area contributed by atoms with E-state index in [1.807, 2.05) is 13.6 Å². The highest BCUT2D eigenvalue weighted by molar-refractivity contribution is 8.70. The molecule has 1 nitrogen and oxygen atoms in total. The Labute approximate surface area is 71.1 Å². The molecule has 0 aromatic rings. The molecule has 1 aliphatic rings. The third-order valence-electron chi connectivity index (χ3n) is 1.14. The van der Waals surface area contributed by atoms with Crippen molar-refractivity contribution in [3.63, 3.8) is 0 Å². The Balaban J connectivity index is 2.80. The van der Waals surface area contributed by atoms with Crippen molar-refractivity contribution in [3.05, 3.63) is 11.0 Å². The van der Waals surface area contributed by atoms with Crippen LogP contribution in [0.1, 0.15) is 13.8 Å². The predicted molar refractivity (Wildman–Crippen MR) is 52.1 cm³/mol. The summed E-state index contributed by atoms with van der Waals surface area (Å²) < 4.78 is 5.56. The van der Waals surface area contributed by atoms with Gasteiger partial charge in [0.15, 0.2) is 0 Å². The minimum Gasteiger partial charge on any atom is -0.334 e. The monoisotopic (exact) mass is 194 g/mol. The zero-order valence-electron chi connectivity index (χ0n) is 6.33. The molecule has 0 amide bonds. The fourth-order valence-electron chi connectivity index (χ4n) is 0.976. The number of hydrogen-bond donors (Lipinski definition) is 0. The van der Waals surface area contributed by atoms with Gasteiger partial charge in [-0.2, -0.15) is 0 Å². The fraction of sp³-hybridized carbons (Fsp3) is 0.667. The first-order valence-electron chi connectivity index (χ1n) is 3.13. The highest BCUT2D eigenvalue weighted by atomic mass is 32.9. The van der Waals surface area contributed by atoms with Crippen LogP contribution in [0.4, 0.5) is 0 Å². The quantitative estimate of drug-likeness (QED) is 0.549. The van der Waals surface area contributed by atoms with E-state index in [4.69, 9.17) is 16.3 Å². The van der Waals surface area contributed by atoms with Crippen molar-refractivity contribution in [2.75, 3.05) is 6.66 Å². The maximum absolute atomic E-state index is 5.56. The van der Waals surface area contributed by atoms with Gasteiger partial charge in [-0.25, -0.2) is 0 Å². The fourth-order valence-corrected chi connectivity index (χ4v) is 6.21. The molecule has 0 bridgehead atoms. The molecule has 1 rings (SSSR count). The minimum atomic E-state index is -1.52. The first-order valence-corrected chi connectivity index (χ1v) is 7.72. The maximum Gasteiger partial charge on any atom is 0.121 e. The molecule has 1 heterocycles. The van der Waals surface area contributed by atoms with Crippen molar-refractivity contribution in [2.45, 2.75) is 20.0 Å². The van der Waals surface area contributed by atoms with Gasteiger partial charge >= 0.3 is 0 Å². The van der Waals surface area contributed by atoms with Gasteiger partial charge in [0.05, 0.1) is 6.10 Å². The third kappa shape index (κ3) is 2.39. The van der Waals surface area contributed by atoms with Crippen molar-refractivity contribution < 1.29 is 4.52 Å². The standard InChI is InChI=1S/C6H11OPS2/c1-5-4-6(2)10-8(3,9)7-5/h4-5H,1-3H3. The summed E-state index contributed by atoms with van der Waals surface area (Å²) in [6.07, 6.45) is 2.33. The van der Waals surface area contributed by atoms with E-state index in [0.717, 1.165) is 0 Å². The number of rotatable bonds is 0. The second kappa shape index (κ2) is 2.98. The summed E-state index contributed by atoms with van der Waals surface area (Å²) in [6, 6.07) is 0. The van der Waals surface area contributed by atoms with Crippen LogP contribution in [0, 0.1) is 0 Å². The molecule has 10 heavy (non-hydrogen) atoms. The van der Waals surface area contributed by atoms with Crippen LogP contribution >= 0.6 is 16.8 Å². The van der Waals surface area contributed by atoms with Crippen LogP contribution in [0.2, 0.25) is 0 Å². The molecule has 0 fully saturated rings. The van der Waals surface area contributed by atoms with E-state index in [9.17, 15) is 0 Å². The molecule has 1 aliphatic heterocycles. The van der Waals surface area contributed by atoms with Gasteiger partial charge < -0.3 is 4.52 Å². The molecule has 0 N–H and O–H groups in total. The van der Waals surface area contributed by atoms with Gasteiger partial charge in [0.25, 0.3) is 0 Å². The molecule has 0 aromatic carbocycles. The van der Waals surface area contributed by atoms with Gasteiger partial charge in [0, 0.05) is 0 Å². The lowest BCUT2D eigenvalue weighted by molar-refractivity contribution is 0.306.